The summed E-state index contributed by atoms with van der Waals surface area (Å²) in [6.07, 6.45) is -2.44. The molecule has 0 radical (unpaired) electrons. The molecule has 0 aromatic heterocycles. The molecule has 0 spiro atoms. The number of aromatic amines is 1. The molecule has 0 amide bonds. The first kappa shape index (κ1) is 20.9. The van der Waals surface area contributed by atoms with Crippen LogP contribution in [-0.4, -0.2) is 66.7 Å². The first-order chi connectivity index (χ1) is 13.8. The van der Waals surface area contributed by atoms with Crippen molar-refractivity contribution in [1.82, 2.24) is 19.5 Å². The fourth-order valence-corrected chi connectivity index (χ4v) is 3.14. The quantitative estimate of drug-likeness (QED) is 0.240. The number of aliphatic hydroxyl groups excluding tert-OH is 3. The lowest BCUT2D eigenvalue weighted by Gasteiger charge is -2.21. The maximum absolute atomic E-state index is 12.3. The normalized spacial score (nSPS) is 13.7. The van der Waals surface area contributed by atoms with Crippen LogP contribution in [0, 0.1) is 6.92 Å². The van der Waals surface area contributed by atoms with Gasteiger partial charge in [0.25, 0.3) is 5.56 Å². The maximum atomic E-state index is 12.3. The molecule has 156 valence electrons. The highest BCUT2D eigenvalue weighted by atomic mass is 16.4. The fraction of sp³-hybridized carbons (Fsp3) is 0.444. The molecule has 0 fully saturated rings. The Morgan fingerprint density at radius 3 is 2.69 bits per heavy atom. The predicted octanol–water partition coefficient (Wildman–Crippen LogP) is -1.63. The van der Waals surface area contributed by atoms with Crippen LogP contribution in [0.15, 0.2) is 21.7 Å². The SMILES string of the molecule is Cc1cc2nc3c(=O)[nH]c(=O)nc-3n(CCC(O)C(O)CO)c2cc1NCCN. The number of aromatic nitrogens is 4. The molecule has 2 atom stereocenters. The molecular formula is C18H24N6O5. The van der Waals surface area contributed by atoms with Gasteiger partial charge in [0.05, 0.1) is 23.7 Å². The summed E-state index contributed by atoms with van der Waals surface area (Å²) in [6, 6.07) is 3.61. The van der Waals surface area contributed by atoms with Crippen molar-refractivity contribution in [2.24, 2.45) is 5.73 Å². The molecular weight excluding hydrogens is 380 g/mol. The zero-order chi connectivity index (χ0) is 21.1. The summed E-state index contributed by atoms with van der Waals surface area (Å²) in [7, 11) is 0. The third kappa shape index (κ3) is 4.27. The molecule has 0 saturated heterocycles. The number of H-pyrrole nitrogens is 1. The lowest BCUT2D eigenvalue weighted by Crippen LogP contribution is -2.32. The van der Waals surface area contributed by atoms with Gasteiger partial charge in [-0.25, -0.2) is 9.78 Å². The van der Waals surface area contributed by atoms with Crippen LogP contribution in [0.1, 0.15) is 12.0 Å². The van der Waals surface area contributed by atoms with E-state index in [0.717, 1.165) is 11.3 Å². The van der Waals surface area contributed by atoms with Crippen LogP contribution in [0.3, 0.4) is 0 Å². The fourth-order valence-electron chi connectivity index (χ4n) is 3.14. The summed E-state index contributed by atoms with van der Waals surface area (Å²) in [5.41, 5.74) is 6.90. The molecule has 2 heterocycles. The first-order valence-electron chi connectivity index (χ1n) is 9.22. The Morgan fingerprint density at radius 2 is 2.00 bits per heavy atom. The number of nitrogens with two attached hydrogens (primary N) is 1. The minimum atomic E-state index is -1.30. The number of benzene rings is 1. The summed E-state index contributed by atoms with van der Waals surface area (Å²) in [5.74, 6) is 0.0746. The summed E-state index contributed by atoms with van der Waals surface area (Å²) in [5, 5.41) is 31.9. The van der Waals surface area contributed by atoms with E-state index in [1.807, 2.05) is 13.0 Å². The average Bonchev–Trinajstić information content (AvgIpc) is 2.69. The molecule has 2 aliphatic heterocycles. The molecule has 0 aliphatic carbocycles. The molecule has 11 nitrogen and oxygen atoms in total. The van der Waals surface area contributed by atoms with Crippen molar-refractivity contribution < 1.29 is 15.3 Å². The first-order valence-corrected chi connectivity index (χ1v) is 9.22. The Kier molecular flexibility index (Phi) is 6.23. The van der Waals surface area contributed by atoms with Gasteiger partial charge in [-0.1, -0.05) is 0 Å². The van der Waals surface area contributed by atoms with E-state index in [1.54, 1.807) is 10.6 Å². The van der Waals surface area contributed by atoms with Crippen LogP contribution in [-0.2, 0) is 6.54 Å². The lowest BCUT2D eigenvalue weighted by atomic mass is 10.1. The third-order valence-corrected chi connectivity index (χ3v) is 4.69. The topological polar surface area (TPSA) is 179 Å². The molecule has 2 aliphatic rings. The second-order valence-electron chi connectivity index (χ2n) is 6.78. The van der Waals surface area contributed by atoms with Gasteiger partial charge in [-0.15, -0.1) is 0 Å². The highest BCUT2D eigenvalue weighted by molar-refractivity contribution is 5.84. The van der Waals surface area contributed by atoms with Crippen LogP contribution in [0.4, 0.5) is 5.69 Å². The molecule has 0 saturated carbocycles. The number of aliphatic hydroxyl groups is 3. The van der Waals surface area contributed by atoms with Gasteiger partial charge in [-0.2, -0.15) is 4.98 Å². The summed E-state index contributed by atoms with van der Waals surface area (Å²) >= 11 is 0. The van der Waals surface area contributed by atoms with E-state index in [1.165, 1.54) is 0 Å². The molecule has 11 heteroatoms. The zero-order valence-electron chi connectivity index (χ0n) is 15.9. The van der Waals surface area contributed by atoms with Crippen molar-refractivity contribution in [2.75, 3.05) is 25.0 Å². The largest absolute Gasteiger partial charge is 0.394 e. The number of aryl methyl sites for hydroxylation is 2. The second-order valence-corrected chi connectivity index (χ2v) is 6.78. The van der Waals surface area contributed by atoms with E-state index in [9.17, 15) is 19.8 Å². The minimum Gasteiger partial charge on any atom is -0.394 e. The van der Waals surface area contributed by atoms with E-state index in [2.05, 4.69) is 20.3 Å². The van der Waals surface area contributed by atoms with Crippen molar-refractivity contribution in [2.45, 2.75) is 32.1 Å². The smallest absolute Gasteiger partial charge is 0.349 e. The number of nitrogens with one attached hydrogen (secondary N) is 2. The minimum absolute atomic E-state index is 0.00337. The zero-order valence-corrected chi connectivity index (χ0v) is 15.9. The molecule has 1 aromatic rings. The van der Waals surface area contributed by atoms with Gasteiger partial charge < -0.3 is 30.9 Å². The van der Waals surface area contributed by atoms with Crippen LogP contribution >= 0.6 is 0 Å². The number of anilines is 1. The molecule has 29 heavy (non-hydrogen) atoms. The Morgan fingerprint density at radius 1 is 1.24 bits per heavy atom. The van der Waals surface area contributed by atoms with E-state index >= 15 is 0 Å². The maximum Gasteiger partial charge on any atom is 0.349 e. The average molecular weight is 404 g/mol. The molecule has 0 bridgehead atoms. The van der Waals surface area contributed by atoms with Crippen molar-refractivity contribution in [3.63, 3.8) is 0 Å². The van der Waals surface area contributed by atoms with Gasteiger partial charge >= 0.3 is 5.69 Å². The lowest BCUT2D eigenvalue weighted by molar-refractivity contribution is -0.0191. The Bertz CT molecular complexity index is 1090. The van der Waals surface area contributed by atoms with Crippen LogP contribution < -0.4 is 22.3 Å². The van der Waals surface area contributed by atoms with Crippen LogP contribution in [0.5, 0.6) is 0 Å². The van der Waals surface area contributed by atoms with Crippen molar-refractivity contribution >= 4 is 16.7 Å². The van der Waals surface area contributed by atoms with Gasteiger partial charge in [0.1, 0.15) is 6.10 Å². The number of rotatable bonds is 8. The molecule has 7 N–H and O–H groups in total. The third-order valence-electron chi connectivity index (χ3n) is 4.69. The van der Waals surface area contributed by atoms with Gasteiger partial charge in [-0.05, 0) is 31.0 Å². The number of hydrogen-bond acceptors (Lipinski definition) is 9. The number of hydrogen-bond donors (Lipinski definition) is 6. The van der Waals surface area contributed by atoms with E-state index in [4.69, 9.17) is 10.8 Å². The van der Waals surface area contributed by atoms with E-state index in [0.29, 0.717) is 24.1 Å². The van der Waals surface area contributed by atoms with E-state index in [-0.39, 0.29) is 24.5 Å². The summed E-state index contributed by atoms with van der Waals surface area (Å²) in [4.78, 5) is 34.4. The standard InChI is InChI=1S/C18H24N6O5/c1-9-6-11-12(7-10(9)20-4-3-19)24(5-2-13(26)14(27)8-25)16-15(21-11)17(28)23-18(29)22-16/h6-7,13-14,20,25-27H,2-5,8,19H2,1H3,(H,23,28,29). The molecule has 2 unspecified atom stereocenters. The Balaban J connectivity index is 2.20. The highest BCUT2D eigenvalue weighted by Gasteiger charge is 2.21. The number of fused-ring (bicyclic) bond motifs is 2. The monoisotopic (exact) mass is 404 g/mol. The van der Waals surface area contributed by atoms with Gasteiger partial charge in [0, 0.05) is 25.3 Å². The van der Waals surface area contributed by atoms with Crippen LogP contribution in [0.25, 0.3) is 22.6 Å². The molecule has 1 aromatic carbocycles. The van der Waals surface area contributed by atoms with E-state index < -0.39 is 30.1 Å². The van der Waals surface area contributed by atoms with Crippen LogP contribution in [0.2, 0.25) is 0 Å². The van der Waals surface area contributed by atoms with Gasteiger partial charge in [-0.3, -0.25) is 9.78 Å². The van der Waals surface area contributed by atoms with Gasteiger partial charge in [0.2, 0.25) is 0 Å². The summed E-state index contributed by atoms with van der Waals surface area (Å²) in [6.45, 7) is 2.42. The van der Waals surface area contributed by atoms with Crippen molar-refractivity contribution in [1.29, 1.82) is 0 Å². The predicted molar refractivity (Wildman–Crippen MR) is 107 cm³/mol. The Hall–Kier alpha value is -2.86. The van der Waals surface area contributed by atoms with Gasteiger partial charge in [0.15, 0.2) is 11.5 Å². The summed E-state index contributed by atoms with van der Waals surface area (Å²) < 4.78 is 1.61. The van der Waals surface area contributed by atoms with Crippen molar-refractivity contribution in [3.05, 3.63) is 38.5 Å². The highest BCUT2D eigenvalue weighted by Crippen LogP contribution is 2.27. The number of nitrogens with zero attached hydrogens (tertiary/aromatic N) is 3. The van der Waals surface area contributed by atoms with Crippen molar-refractivity contribution in [3.8, 4) is 11.5 Å². The second kappa shape index (κ2) is 8.66. The molecule has 3 rings (SSSR count). The Labute approximate surface area is 165 Å².